The molecule has 6 amide bonds. The first kappa shape index (κ1) is 63.7. The summed E-state index contributed by atoms with van der Waals surface area (Å²) >= 11 is 0. The normalized spacial score (nSPS) is 12.2. The predicted molar refractivity (Wildman–Crippen MR) is 276 cm³/mol. The van der Waals surface area contributed by atoms with Crippen LogP contribution < -0.4 is 31.3 Å². The molecule has 408 valence electrons. The van der Waals surface area contributed by atoms with Gasteiger partial charge in [-0.1, -0.05) is 31.7 Å². The molecule has 0 fully saturated rings. The molecular weight excluding hydrogens is 935 g/mol. The van der Waals surface area contributed by atoms with Crippen molar-refractivity contribution in [2.75, 3.05) is 26.2 Å². The van der Waals surface area contributed by atoms with Crippen LogP contribution in [0.4, 0.5) is 34.5 Å². The van der Waals surface area contributed by atoms with Crippen LogP contribution in [0.25, 0.3) is 0 Å². The minimum Gasteiger partial charge on any atom is -0.493 e. The molecular formula is C50H85N9O13. The van der Waals surface area contributed by atoms with Crippen LogP contribution in [0.1, 0.15) is 170 Å². The Balaban J connectivity index is 3.15. The summed E-state index contributed by atoms with van der Waals surface area (Å²) in [6.45, 7) is 31.5. The van der Waals surface area contributed by atoms with Gasteiger partial charge in [-0.05, 0) is 156 Å². The highest BCUT2D eigenvalue weighted by atomic mass is 16.6. The number of amides is 6. The molecule has 0 bridgehead atoms. The number of alkyl carbamates (subject to hydrolysis) is 5. The number of benzene rings is 1. The number of rotatable bonds is 15. The molecule has 0 saturated heterocycles. The summed E-state index contributed by atoms with van der Waals surface area (Å²) in [6, 6.07) is 6.57. The Morgan fingerprint density at radius 1 is 0.458 bits per heavy atom. The molecule has 22 heteroatoms. The van der Waals surface area contributed by atoms with Crippen LogP contribution in [0.15, 0.2) is 39.2 Å². The second kappa shape index (κ2) is 28.6. The van der Waals surface area contributed by atoms with Crippen LogP contribution in [0, 0.1) is 0 Å². The smallest absolute Gasteiger partial charge is 0.417 e. The van der Waals surface area contributed by atoms with Gasteiger partial charge in [0.2, 0.25) is 17.9 Å². The maximum absolute atomic E-state index is 13.7. The van der Waals surface area contributed by atoms with Crippen LogP contribution in [-0.2, 0) is 28.4 Å². The van der Waals surface area contributed by atoms with Crippen molar-refractivity contribution in [1.82, 2.24) is 31.5 Å². The average molecular weight is 1020 g/mol. The first-order valence-corrected chi connectivity index (χ1v) is 24.3. The molecule has 1 rings (SSSR count). The van der Waals surface area contributed by atoms with Crippen molar-refractivity contribution < 1.29 is 61.9 Å². The van der Waals surface area contributed by atoms with Gasteiger partial charge in [-0.25, -0.2) is 38.7 Å². The van der Waals surface area contributed by atoms with Crippen molar-refractivity contribution >= 4 is 60.1 Å². The lowest BCUT2D eigenvalue weighted by Gasteiger charge is -2.29. The molecule has 22 nitrogen and oxygen atoms in total. The van der Waals surface area contributed by atoms with E-state index in [1.807, 2.05) is 0 Å². The number of hydrogen-bond acceptors (Lipinski definition) is 16. The zero-order valence-corrected chi connectivity index (χ0v) is 46.2. The number of nitrogens with one attached hydrogen (secondary N) is 5. The van der Waals surface area contributed by atoms with Crippen molar-refractivity contribution in [2.24, 2.45) is 15.0 Å². The summed E-state index contributed by atoms with van der Waals surface area (Å²) in [5.41, 5.74) is -4.57. The van der Waals surface area contributed by atoms with Gasteiger partial charge in [0.25, 0.3) is 0 Å². The first-order valence-electron chi connectivity index (χ1n) is 24.3. The molecule has 0 heterocycles. The van der Waals surface area contributed by atoms with Gasteiger partial charge in [-0.2, -0.15) is 0 Å². The number of hydrogen-bond donors (Lipinski definition) is 5. The predicted octanol–water partition coefficient (Wildman–Crippen LogP) is 10.4. The van der Waals surface area contributed by atoms with Crippen LogP contribution in [0.2, 0.25) is 0 Å². The molecule has 0 spiro atoms. The molecule has 0 aromatic heterocycles. The standard InChI is InChI=1S/C50H85N9O13/c1-45(2,3)67-39(60)54-36(55-40(61)68-46(4,5)6)51-29-23-21-19-20-22-24-30-52-38(58-43(64)71-49(13,14)15)59(44(65)72-50(16,17)18)31-26-32-66-35-28-25-27-34(33-35)53-37(56-41(62)69-47(7,8)9)57-42(63)70-48(10,11)12/h25,27-28,33H,19-24,26,29-32H2,1-18H3,(H,52,58,64)(H2,51,54,55,60,61)(H2,53,56,57,62,63). The van der Waals surface area contributed by atoms with Crippen LogP contribution >= 0.6 is 0 Å². The van der Waals surface area contributed by atoms with E-state index in [0.29, 0.717) is 30.8 Å². The van der Waals surface area contributed by atoms with E-state index in [-0.39, 0.29) is 44.0 Å². The number of carbonyl (C=O) groups excluding carboxylic acids is 6. The third-order valence-electron chi connectivity index (χ3n) is 7.91. The fourth-order valence-electron chi connectivity index (χ4n) is 5.48. The van der Waals surface area contributed by atoms with Crippen molar-refractivity contribution in [2.45, 2.75) is 203 Å². The quantitative estimate of drug-likeness (QED) is 0.0474. The highest BCUT2D eigenvalue weighted by Gasteiger charge is 2.29. The summed E-state index contributed by atoms with van der Waals surface area (Å²) in [5, 5.41) is 12.5. The van der Waals surface area contributed by atoms with E-state index in [9.17, 15) is 28.8 Å². The average Bonchev–Trinajstić information content (AvgIpc) is 3.13. The Morgan fingerprint density at radius 2 is 0.833 bits per heavy atom. The lowest BCUT2D eigenvalue weighted by Crippen LogP contribution is -2.50. The van der Waals surface area contributed by atoms with Gasteiger partial charge < -0.3 is 33.2 Å². The second-order valence-corrected chi connectivity index (χ2v) is 22.5. The Labute approximate surface area is 426 Å². The number of guanidine groups is 3. The SMILES string of the molecule is CC(C)(C)OC(=O)NC(=NCCCCCCCCN=C(NC(=O)OC(C)(C)C)N(CCCOc1cccc(N=C(NC(=O)OC(C)(C)C)NC(=O)OC(C)(C)C)c1)C(=O)OC(C)(C)C)NC(=O)OC(C)(C)C. The Morgan fingerprint density at radius 3 is 1.25 bits per heavy atom. The number of ether oxygens (including phenoxy) is 7. The monoisotopic (exact) mass is 1020 g/mol. The number of nitrogens with zero attached hydrogens (tertiary/aromatic N) is 4. The zero-order valence-electron chi connectivity index (χ0n) is 46.2. The molecule has 0 unspecified atom stereocenters. The number of carbonyl (C=O) groups is 6. The summed E-state index contributed by atoms with van der Waals surface area (Å²) in [6.07, 6.45) is 0.104. The third-order valence-corrected chi connectivity index (χ3v) is 7.91. The highest BCUT2D eigenvalue weighted by molar-refractivity contribution is 6.03. The maximum atomic E-state index is 13.7. The topological polar surface area (TPSA) is 268 Å². The molecule has 5 N–H and O–H groups in total. The van der Waals surface area contributed by atoms with Crippen LogP contribution in [-0.4, -0.2) is 119 Å². The number of aliphatic imine (C=N–C) groups is 3. The molecule has 0 atom stereocenters. The summed E-state index contributed by atoms with van der Waals surface area (Å²) < 4.78 is 38.6. The van der Waals surface area contributed by atoms with Crippen molar-refractivity contribution in [3.8, 4) is 5.75 Å². The molecule has 0 radical (unpaired) electrons. The molecule has 0 aliphatic rings. The minimum atomic E-state index is -0.880. The summed E-state index contributed by atoms with van der Waals surface area (Å²) in [5.74, 6) is 0.0185. The van der Waals surface area contributed by atoms with Gasteiger partial charge in [0.15, 0.2) is 0 Å². The third kappa shape index (κ3) is 34.1. The van der Waals surface area contributed by atoms with E-state index in [1.165, 1.54) is 4.90 Å². The highest BCUT2D eigenvalue weighted by Crippen LogP contribution is 2.21. The van der Waals surface area contributed by atoms with Gasteiger partial charge >= 0.3 is 36.6 Å². The van der Waals surface area contributed by atoms with Gasteiger partial charge in [0.1, 0.15) is 39.4 Å². The Hall–Kier alpha value is -6.35. The van der Waals surface area contributed by atoms with E-state index < -0.39 is 70.2 Å². The zero-order chi connectivity index (χ0) is 55.1. The van der Waals surface area contributed by atoms with Crippen molar-refractivity contribution in [1.29, 1.82) is 0 Å². The van der Waals surface area contributed by atoms with Gasteiger partial charge in [0.05, 0.1) is 12.3 Å². The largest absolute Gasteiger partial charge is 0.493 e. The fourth-order valence-corrected chi connectivity index (χ4v) is 5.48. The van der Waals surface area contributed by atoms with Crippen molar-refractivity contribution in [3.63, 3.8) is 0 Å². The molecule has 0 saturated carbocycles. The van der Waals surface area contributed by atoms with E-state index in [2.05, 4.69) is 41.6 Å². The first-order chi connectivity index (χ1) is 32.9. The molecule has 0 aliphatic heterocycles. The van der Waals surface area contributed by atoms with E-state index >= 15 is 0 Å². The lowest BCUT2D eigenvalue weighted by atomic mass is 10.1. The molecule has 0 aliphatic carbocycles. The fraction of sp³-hybridized carbons (Fsp3) is 0.700. The Kier molecular flexibility index (Phi) is 25.3. The van der Waals surface area contributed by atoms with E-state index in [4.69, 9.17) is 33.2 Å². The molecule has 1 aromatic carbocycles. The number of unbranched alkanes of at least 4 members (excludes halogenated alkanes) is 5. The van der Waals surface area contributed by atoms with Gasteiger partial charge in [-0.3, -0.25) is 36.6 Å². The second-order valence-electron chi connectivity index (χ2n) is 22.5. The lowest BCUT2D eigenvalue weighted by molar-refractivity contribution is 0.0349. The summed E-state index contributed by atoms with van der Waals surface area (Å²) in [7, 11) is 0. The molecule has 1 aromatic rings. The van der Waals surface area contributed by atoms with Gasteiger partial charge in [0, 0.05) is 25.7 Å². The van der Waals surface area contributed by atoms with Crippen molar-refractivity contribution in [3.05, 3.63) is 24.3 Å². The molecule has 72 heavy (non-hydrogen) atoms. The van der Waals surface area contributed by atoms with Gasteiger partial charge in [-0.15, -0.1) is 0 Å². The minimum absolute atomic E-state index is 0.0237. The van der Waals surface area contributed by atoms with Crippen LogP contribution in [0.5, 0.6) is 5.75 Å². The van der Waals surface area contributed by atoms with Crippen LogP contribution in [0.3, 0.4) is 0 Å². The Bertz CT molecular complexity index is 1970. The van der Waals surface area contributed by atoms with E-state index in [1.54, 1.807) is 149 Å². The van der Waals surface area contributed by atoms with E-state index in [0.717, 1.165) is 25.7 Å². The summed E-state index contributed by atoms with van der Waals surface area (Å²) in [4.78, 5) is 91.6. The maximum Gasteiger partial charge on any atom is 0.417 e.